The van der Waals surface area contributed by atoms with Crippen LogP contribution in [0.1, 0.15) is 37.0 Å². The topological polar surface area (TPSA) is 43.3 Å². The molecule has 1 fully saturated rings. The Morgan fingerprint density at radius 1 is 1.38 bits per heavy atom. The number of para-hydroxylation sites is 1. The molecule has 112 valence electrons. The number of fused-ring (bicyclic) bond motifs is 1. The monoisotopic (exact) mass is 286 g/mol. The van der Waals surface area contributed by atoms with Gasteiger partial charge in [-0.3, -0.25) is 4.79 Å². The highest BCUT2D eigenvalue weighted by Crippen LogP contribution is 2.25. The zero-order chi connectivity index (χ0) is 15.0. The van der Waals surface area contributed by atoms with E-state index in [1.807, 2.05) is 42.1 Å². The van der Waals surface area contributed by atoms with Crippen LogP contribution in [0.25, 0.3) is 10.9 Å². The van der Waals surface area contributed by atoms with Crippen LogP contribution in [0, 0.1) is 0 Å². The largest absolute Gasteiger partial charge is 0.375 e. The van der Waals surface area contributed by atoms with Crippen molar-refractivity contribution >= 4 is 16.8 Å². The Labute approximate surface area is 125 Å². The molecule has 1 aromatic heterocycles. The third-order valence-electron chi connectivity index (χ3n) is 4.17. The predicted molar refractivity (Wildman–Crippen MR) is 83.4 cm³/mol. The van der Waals surface area contributed by atoms with Crippen molar-refractivity contribution in [2.24, 2.45) is 7.05 Å². The lowest BCUT2D eigenvalue weighted by Gasteiger charge is -2.35. The van der Waals surface area contributed by atoms with Crippen molar-refractivity contribution in [2.45, 2.75) is 38.3 Å². The molecule has 1 aliphatic heterocycles. The molecule has 1 aromatic carbocycles. The van der Waals surface area contributed by atoms with Gasteiger partial charge in [0, 0.05) is 36.8 Å². The van der Waals surface area contributed by atoms with Gasteiger partial charge in [0.05, 0.1) is 11.2 Å². The molecule has 0 spiro atoms. The standard InChI is InChI=1S/C17H22N2O2/c1-17(2)10-12(8-9-21-17)18-16(20)14-11-19(3)15-7-5-4-6-13(14)15/h4-7,11-12H,8-10H2,1-3H3,(H,18,20)/t12-/m1/s1. The average Bonchev–Trinajstić information content (AvgIpc) is 2.76. The van der Waals surface area contributed by atoms with Crippen molar-refractivity contribution in [3.05, 3.63) is 36.0 Å². The molecule has 1 N–H and O–H groups in total. The Bertz CT molecular complexity index is 672. The van der Waals surface area contributed by atoms with Crippen LogP contribution in [0.4, 0.5) is 0 Å². The van der Waals surface area contributed by atoms with Crippen LogP contribution in [-0.2, 0) is 11.8 Å². The SMILES string of the molecule is Cn1cc(C(=O)N[C@@H]2CCOC(C)(C)C2)c2ccccc21. The molecule has 2 heterocycles. The second kappa shape index (κ2) is 5.19. The summed E-state index contributed by atoms with van der Waals surface area (Å²) in [4.78, 5) is 12.6. The summed E-state index contributed by atoms with van der Waals surface area (Å²) in [7, 11) is 1.97. The van der Waals surface area contributed by atoms with Gasteiger partial charge in [-0.05, 0) is 32.8 Å². The molecule has 4 nitrogen and oxygen atoms in total. The zero-order valence-corrected chi connectivity index (χ0v) is 12.8. The van der Waals surface area contributed by atoms with Crippen LogP contribution < -0.4 is 5.32 Å². The van der Waals surface area contributed by atoms with E-state index in [4.69, 9.17) is 4.74 Å². The second-order valence-corrected chi connectivity index (χ2v) is 6.44. The zero-order valence-electron chi connectivity index (χ0n) is 12.8. The van der Waals surface area contributed by atoms with Gasteiger partial charge in [-0.1, -0.05) is 18.2 Å². The van der Waals surface area contributed by atoms with Crippen LogP contribution in [0.3, 0.4) is 0 Å². The summed E-state index contributed by atoms with van der Waals surface area (Å²) in [6.45, 7) is 4.85. The maximum absolute atomic E-state index is 12.6. The number of amides is 1. The maximum atomic E-state index is 12.6. The molecule has 0 radical (unpaired) electrons. The Balaban J connectivity index is 1.81. The van der Waals surface area contributed by atoms with E-state index in [1.165, 1.54) is 0 Å². The van der Waals surface area contributed by atoms with E-state index in [0.717, 1.165) is 29.3 Å². The molecule has 1 atom stereocenters. The molecule has 0 unspecified atom stereocenters. The number of carbonyl (C=O) groups is 1. The number of aromatic nitrogens is 1. The van der Waals surface area contributed by atoms with Crippen LogP contribution in [-0.4, -0.2) is 28.7 Å². The minimum absolute atomic E-state index is 0.00880. The van der Waals surface area contributed by atoms with E-state index in [-0.39, 0.29) is 17.6 Å². The first-order valence-corrected chi connectivity index (χ1v) is 7.45. The smallest absolute Gasteiger partial charge is 0.253 e. The number of carbonyl (C=O) groups excluding carboxylic acids is 1. The van der Waals surface area contributed by atoms with E-state index in [1.54, 1.807) is 0 Å². The molecule has 0 bridgehead atoms. The van der Waals surface area contributed by atoms with Crippen LogP contribution >= 0.6 is 0 Å². The molecular formula is C17H22N2O2. The second-order valence-electron chi connectivity index (χ2n) is 6.44. The number of hydrogen-bond donors (Lipinski definition) is 1. The molecule has 3 rings (SSSR count). The van der Waals surface area contributed by atoms with Gasteiger partial charge < -0.3 is 14.6 Å². The third-order valence-corrected chi connectivity index (χ3v) is 4.17. The molecule has 4 heteroatoms. The van der Waals surface area contributed by atoms with Crippen LogP contribution in [0.15, 0.2) is 30.5 Å². The van der Waals surface area contributed by atoms with Gasteiger partial charge in [0.1, 0.15) is 0 Å². The fourth-order valence-corrected chi connectivity index (χ4v) is 3.14. The molecule has 2 aromatic rings. The minimum Gasteiger partial charge on any atom is -0.375 e. The third kappa shape index (κ3) is 2.81. The summed E-state index contributed by atoms with van der Waals surface area (Å²) >= 11 is 0. The normalized spacial score (nSPS) is 21.4. The number of nitrogens with zero attached hydrogens (tertiary/aromatic N) is 1. The first-order chi connectivity index (χ1) is 9.96. The van der Waals surface area contributed by atoms with Crippen molar-refractivity contribution in [2.75, 3.05) is 6.61 Å². The Morgan fingerprint density at radius 3 is 2.90 bits per heavy atom. The highest BCUT2D eigenvalue weighted by Gasteiger charge is 2.30. The molecule has 21 heavy (non-hydrogen) atoms. The van der Waals surface area contributed by atoms with Gasteiger partial charge in [-0.25, -0.2) is 0 Å². The summed E-state index contributed by atoms with van der Waals surface area (Å²) in [5, 5.41) is 4.17. The average molecular weight is 286 g/mol. The molecule has 1 amide bonds. The van der Waals surface area contributed by atoms with E-state index in [0.29, 0.717) is 6.61 Å². The van der Waals surface area contributed by atoms with E-state index >= 15 is 0 Å². The van der Waals surface area contributed by atoms with Gasteiger partial charge >= 0.3 is 0 Å². The highest BCUT2D eigenvalue weighted by atomic mass is 16.5. The van der Waals surface area contributed by atoms with E-state index in [9.17, 15) is 4.79 Å². The van der Waals surface area contributed by atoms with E-state index in [2.05, 4.69) is 19.2 Å². The summed E-state index contributed by atoms with van der Waals surface area (Å²) in [5.41, 5.74) is 1.67. The van der Waals surface area contributed by atoms with Crippen LogP contribution in [0.5, 0.6) is 0 Å². The maximum Gasteiger partial charge on any atom is 0.253 e. The molecule has 0 aliphatic carbocycles. The molecule has 1 saturated heterocycles. The number of benzene rings is 1. The number of nitrogens with one attached hydrogen (secondary N) is 1. The first kappa shape index (κ1) is 14.1. The Hall–Kier alpha value is -1.81. The molecule has 1 aliphatic rings. The summed E-state index contributed by atoms with van der Waals surface area (Å²) in [5.74, 6) is 0.00880. The number of rotatable bonds is 2. The summed E-state index contributed by atoms with van der Waals surface area (Å²) in [6.07, 6.45) is 3.63. The fraction of sp³-hybridized carbons (Fsp3) is 0.471. The predicted octanol–water partition coefficient (Wildman–Crippen LogP) is 2.87. The van der Waals surface area contributed by atoms with Crippen LogP contribution in [0.2, 0.25) is 0 Å². The van der Waals surface area contributed by atoms with Gasteiger partial charge in [0.25, 0.3) is 5.91 Å². The fourth-order valence-electron chi connectivity index (χ4n) is 3.14. The van der Waals surface area contributed by atoms with Crippen molar-refractivity contribution in [1.82, 2.24) is 9.88 Å². The van der Waals surface area contributed by atoms with Gasteiger partial charge in [0.15, 0.2) is 0 Å². The summed E-state index contributed by atoms with van der Waals surface area (Å²) < 4.78 is 7.70. The Morgan fingerprint density at radius 2 is 2.14 bits per heavy atom. The van der Waals surface area contributed by atoms with Crippen molar-refractivity contribution < 1.29 is 9.53 Å². The highest BCUT2D eigenvalue weighted by molar-refractivity contribution is 6.07. The van der Waals surface area contributed by atoms with Gasteiger partial charge in [-0.15, -0.1) is 0 Å². The summed E-state index contributed by atoms with van der Waals surface area (Å²) in [6, 6.07) is 8.17. The lowest BCUT2D eigenvalue weighted by Crippen LogP contribution is -2.45. The molecule has 0 saturated carbocycles. The first-order valence-electron chi connectivity index (χ1n) is 7.45. The number of ether oxygens (including phenoxy) is 1. The van der Waals surface area contributed by atoms with E-state index < -0.39 is 0 Å². The quantitative estimate of drug-likeness (QED) is 0.922. The van der Waals surface area contributed by atoms with Crippen molar-refractivity contribution in [3.63, 3.8) is 0 Å². The number of hydrogen-bond acceptors (Lipinski definition) is 2. The minimum atomic E-state index is -0.158. The van der Waals surface area contributed by atoms with Crippen molar-refractivity contribution in [3.8, 4) is 0 Å². The lowest BCUT2D eigenvalue weighted by atomic mass is 9.94. The van der Waals surface area contributed by atoms with Gasteiger partial charge in [0.2, 0.25) is 0 Å². The van der Waals surface area contributed by atoms with Crippen molar-refractivity contribution in [1.29, 1.82) is 0 Å². The Kier molecular flexibility index (Phi) is 3.49. The van der Waals surface area contributed by atoms with Gasteiger partial charge in [-0.2, -0.15) is 0 Å². The number of aryl methyl sites for hydroxylation is 1. The molecular weight excluding hydrogens is 264 g/mol. The lowest BCUT2D eigenvalue weighted by molar-refractivity contribution is -0.0615.